The molecule has 0 amide bonds. The minimum Gasteiger partial charge on any atom is -0.380 e. The van der Waals surface area contributed by atoms with Crippen molar-refractivity contribution in [3.05, 3.63) is 38.9 Å². The molecule has 0 aromatic heterocycles. The predicted molar refractivity (Wildman–Crippen MR) is 48.8 cm³/mol. The fourth-order valence-corrected chi connectivity index (χ4v) is 1.22. The Labute approximate surface area is 80.2 Å². The highest BCUT2D eigenvalue weighted by atomic mass is 35.5. The molecular formula is C8H8ClNO3. The highest BCUT2D eigenvalue weighted by molar-refractivity contribution is 6.33. The SMILES string of the molecule is COCc1cccc([N+](=O)[O-])c1Cl. The first kappa shape index (κ1) is 9.95. The second kappa shape index (κ2) is 4.20. The summed E-state index contributed by atoms with van der Waals surface area (Å²) >= 11 is 5.76. The topological polar surface area (TPSA) is 52.4 Å². The normalized spacial score (nSPS) is 10.0. The third-order valence-electron chi connectivity index (χ3n) is 1.55. The van der Waals surface area contributed by atoms with Gasteiger partial charge in [-0.1, -0.05) is 23.7 Å². The van der Waals surface area contributed by atoms with Crippen molar-refractivity contribution in [2.75, 3.05) is 7.11 Å². The first-order valence-corrected chi connectivity index (χ1v) is 3.95. The Bertz CT molecular complexity index is 327. The number of hydrogen-bond acceptors (Lipinski definition) is 3. The van der Waals surface area contributed by atoms with E-state index in [1.807, 2.05) is 0 Å². The zero-order valence-corrected chi connectivity index (χ0v) is 7.75. The van der Waals surface area contributed by atoms with Crippen molar-refractivity contribution in [1.29, 1.82) is 0 Å². The zero-order valence-electron chi connectivity index (χ0n) is 6.99. The molecule has 0 N–H and O–H groups in total. The van der Waals surface area contributed by atoms with Crippen LogP contribution in [0.1, 0.15) is 5.56 Å². The molecule has 5 heteroatoms. The number of rotatable bonds is 3. The number of methoxy groups -OCH3 is 1. The molecule has 0 bridgehead atoms. The lowest BCUT2D eigenvalue weighted by Crippen LogP contribution is -1.94. The Morgan fingerprint density at radius 1 is 1.62 bits per heavy atom. The zero-order chi connectivity index (χ0) is 9.84. The molecule has 70 valence electrons. The summed E-state index contributed by atoms with van der Waals surface area (Å²) in [6, 6.07) is 4.64. The van der Waals surface area contributed by atoms with Crippen molar-refractivity contribution in [2.24, 2.45) is 0 Å². The van der Waals surface area contributed by atoms with Gasteiger partial charge in [-0.3, -0.25) is 10.1 Å². The summed E-state index contributed by atoms with van der Waals surface area (Å²) in [5.41, 5.74) is 0.537. The maximum Gasteiger partial charge on any atom is 0.288 e. The summed E-state index contributed by atoms with van der Waals surface area (Å²) in [4.78, 5) is 9.95. The summed E-state index contributed by atoms with van der Waals surface area (Å²) in [6.45, 7) is 0.278. The van der Waals surface area contributed by atoms with Gasteiger partial charge in [0, 0.05) is 18.7 Å². The van der Waals surface area contributed by atoms with Crippen LogP contribution in [0.4, 0.5) is 5.69 Å². The van der Waals surface area contributed by atoms with E-state index in [2.05, 4.69) is 0 Å². The maximum absolute atomic E-state index is 10.5. The number of ether oxygens (including phenoxy) is 1. The van der Waals surface area contributed by atoms with Gasteiger partial charge in [-0.15, -0.1) is 0 Å². The Morgan fingerprint density at radius 2 is 2.31 bits per heavy atom. The molecule has 0 aliphatic carbocycles. The van der Waals surface area contributed by atoms with Crippen LogP contribution in [0.5, 0.6) is 0 Å². The lowest BCUT2D eigenvalue weighted by atomic mass is 10.2. The largest absolute Gasteiger partial charge is 0.380 e. The molecule has 0 spiro atoms. The van der Waals surface area contributed by atoms with Crippen LogP contribution in [0.25, 0.3) is 0 Å². The Kier molecular flexibility index (Phi) is 3.22. The minimum absolute atomic E-state index is 0.0868. The van der Waals surface area contributed by atoms with Crippen LogP contribution in [0.15, 0.2) is 18.2 Å². The van der Waals surface area contributed by atoms with Crippen LogP contribution in [0.3, 0.4) is 0 Å². The molecule has 0 unspecified atom stereocenters. The Morgan fingerprint density at radius 3 is 2.85 bits per heavy atom. The standard InChI is InChI=1S/C8H8ClNO3/c1-13-5-6-3-2-4-7(8(6)9)10(11)12/h2-4H,5H2,1H3. The van der Waals surface area contributed by atoms with Gasteiger partial charge in [0.1, 0.15) is 5.02 Å². The van der Waals surface area contributed by atoms with E-state index in [0.717, 1.165) is 0 Å². The van der Waals surface area contributed by atoms with Gasteiger partial charge in [-0.05, 0) is 0 Å². The van der Waals surface area contributed by atoms with Crippen molar-refractivity contribution < 1.29 is 9.66 Å². The molecule has 0 aliphatic rings. The van der Waals surface area contributed by atoms with Gasteiger partial charge in [-0.2, -0.15) is 0 Å². The lowest BCUT2D eigenvalue weighted by molar-refractivity contribution is -0.384. The third-order valence-corrected chi connectivity index (χ3v) is 1.99. The summed E-state index contributed by atoms with van der Waals surface area (Å²) < 4.78 is 4.84. The van der Waals surface area contributed by atoms with Crippen molar-refractivity contribution in [3.63, 3.8) is 0 Å². The molecule has 4 nitrogen and oxygen atoms in total. The average Bonchev–Trinajstić information content (AvgIpc) is 2.08. The van der Waals surface area contributed by atoms with Crippen LogP contribution in [-0.4, -0.2) is 12.0 Å². The van der Waals surface area contributed by atoms with Gasteiger partial charge in [-0.25, -0.2) is 0 Å². The molecule has 1 aromatic carbocycles. The number of nitrogens with zero attached hydrogens (tertiary/aromatic N) is 1. The summed E-state index contributed by atoms with van der Waals surface area (Å²) in [7, 11) is 1.51. The van der Waals surface area contributed by atoms with Crippen LogP contribution < -0.4 is 0 Å². The van der Waals surface area contributed by atoms with Crippen LogP contribution in [0.2, 0.25) is 5.02 Å². The quantitative estimate of drug-likeness (QED) is 0.557. The van der Waals surface area contributed by atoms with Crippen LogP contribution in [-0.2, 0) is 11.3 Å². The number of halogens is 1. The Balaban J connectivity index is 3.10. The van der Waals surface area contributed by atoms with Crippen molar-refractivity contribution in [3.8, 4) is 0 Å². The minimum atomic E-state index is -0.512. The number of benzene rings is 1. The first-order chi connectivity index (χ1) is 6.16. The van der Waals surface area contributed by atoms with E-state index in [0.29, 0.717) is 5.56 Å². The molecule has 13 heavy (non-hydrogen) atoms. The highest BCUT2D eigenvalue weighted by Crippen LogP contribution is 2.27. The molecule has 0 radical (unpaired) electrons. The van der Waals surface area contributed by atoms with Gasteiger partial charge in [0.2, 0.25) is 0 Å². The van der Waals surface area contributed by atoms with Crippen molar-refractivity contribution in [2.45, 2.75) is 6.61 Å². The fraction of sp³-hybridized carbons (Fsp3) is 0.250. The van der Waals surface area contributed by atoms with E-state index in [4.69, 9.17) is 16.3 Å². The van der Waals surface area contributed by atoms with Crippen LogP contribution >= 0.6 is 11.6 Å². The number of nitro benzene ring substituents is 1. The molecule has 1 rings (SSSR count). The highest BCUT2D eigenvalue weighted by Gasteiger charge is 2.14. The van der Waals surface area contributed by atoms with E-state index in [-0.39, 0.29) is 17.3 Å². The second-order valence-corrected chi connectivity index (χ2v) is 2.82. The summed E-state index contributed by atoms with van der Waals surface area (Å²) in [6.07, 6.45) is 0. The van der Waals surface area contributed by atoms with Crippen LogP contribution in [0, 0.1) is 10.1 Å². The van der Waals surface area contributed by atoms with Gasteiger partial charge in [0.05, 0.1) is 11.5 Å². The lowest BCUT2D eigenvalue weighted by Gasteiger charge is -2.02. The molecule has 0 heterocycles. The third kappa shape index (κ3) is 2.17. The van der Waals surface area contributed by atoms with E-state index < -0.39 is 4.92 Å². The molecule has 0 saturated carbocycles. The van der Waals surface area contributed by atoms with E-state index in [9.17, 15) is 10.1 Å². The Hall–Kier alpha value is -1.13. The number of hydrogen-bond donors (Lipinski definition) is 0. The van der Waals surface area contributed by atoms with Gasteiger partial charge >= 0.3 is 0 Å². The molecule has 0 saturated heterocycles. The smallest absolute Gasteiger partial charge is 0.288 e. The van der Waals surface area contributed by atoms with E-state index in [1.54, 1.807) is 12.1 Å². The molecule has 0 atom stereocenters. The molecule has 1 aromatic rings. The van der Waals surface area contributed by atoms with E-state index >= 15 is 0 Å². The second-order valence-electron chi connectivity index (χ2n) is 2.44. The van der Waals surface area contributed by atoms with Crippen molar-refractivity contribution in [1.82, 2.24) is 0 Å². The first-order valence-electron chi connectivity index (χ1n) is 3.57. The predicted octanol–water partition coefficient (Wildman–Crippen LogP) is 2.39. The molecule has 0 aliphatic heterocycles. The summed E-state index contributed by atoms with van der Waals surface area (Å²) in [5.74, 6) is 0. The van der Waals surface area contributed by atoms with Gasteiger partial charge in [0.25, 0.3) is 5.69 Å². The maximum atomic E-state index is 10.5. The van der Waals surface area contributed by atoms with Crippen molar-refractivity contribution >= 4 is 17.3 Å². The monoisotopic (exact) mass is 201 g/mol. The summed E-state index contributed by atoms with van der Waals surface area (Å²) in [5, 5.41) is 10.6. The van der Waals surface area contributed by atoms with Gasteiger partial charge in [0.15, 0.2) is 0 Å². The molecular weight excluding hydrogens is 194 g/mol. The van der Waals surface area contributed by atoms with Gasteiger partial charge < -0.3 is 4.74 Å². The molecule has 0 fully saturated rings. The average molecular weight is 202 g/mol. The number of nitro groups is 1. The van der Waals surface area contributed by atoms with E-state index in [1.165, 1.54) is 13.2 Å². The fourth-order valence-electron chi connectivity index (χ4n) is 0.974.